The number of halogens is 1. The molecule has 0 fully saturated rings. The summed E-state index contributed by atoms with van der Waals surface area (Å²) in [6, 6.07) is 10.1. The zero-order valence-corrected chi connectivity index (χ0v) is 9.78. The van der Waals surface area contributed by atoms with Crippen molar-refractivity contribution in [2.24, 2.45) is 0 Å². The van der Waals surface area contributed by atoms with Crippen molar-refractivity contribution in [2.45, 2.75) is 19.3 Å². The predicted octanol–water partition coefficient (Wildman–Crippen LogP) is 4.56. The van der Waals surface area contributed by atoms with Crippen LogP contribution in [0, 0.1) is 0 Å². The largest absolute Gasteiger partial charge is 0.207 e. The van der Waals surface area contributed by atoms with Crippen molar-refractivity contribution in [3.05, 3.63) is 72.6 Å². The number of hydrogen-bond donors (Lipinski definition) is 0. The zero-order chi connectivity index (χ0) is 12.0. The number of hydrogen-bond acceptors (Lipinski definition) is 0. The van der Waals surface area contributed by atoms with Crippen LogP contribution in [0.4, 0.5) is 4.39 Å². The van der Waals surface area contributed by atoms with E-state index in [1.165, 1.54) is 17.7 Å². The van der Waals surface area contributed by atoms with Gasteiger partial charge in [-0.15, -0.1) is 0 Å². The average Bonchev–Trinajstić information content (AvgIpc) is 2.30. The van der Waals surface area contributed by atoms with Crippen LogP contribution in [0.1, 0.15) is 19.4 Å². The van der Waals surface area contributed by atoms with Gasteiger partial charge in [0.2, 0.25) is 0 Å². The lowest BCUT2D eigenvalue weighted by atomic mass is 9.84. The average molecular weight is 216 g/mol. The Morgan fingerprint density at radius 1 is 1.25 bits per heavy atom. The summed E-state index contributed by atoms with van der Waals surface area (Å²) in [4.78, 5) is 0. The Kier molecular flexibility index (Phi) is 4.24. The molecule has 0 N–H and O–H groups in total. The van der Waals surface area contributed by atoms with Crippen LogP contribution in [-0.2, 0) is 5.41 Å². The minimum absolute atomic E-state index is 0.0980. The molecule has 0 aliphatic heterocycles. The molecule has 1 rings (SSSR count). The molecule has 0 aliphatic rings. The fourth-order valence-corrected chi connectivity index (χ4v) is 1.41. The van der Waals surface area contributed by atoms with E-state index in [1.807, 2.05) is 24.3 Å². The molecule has 1 aromatic rings. The molecular formula is C15H17F. The van der Waals surface area contributed by atoms with E-state index in [-0.39, 0.29) is 11.2 Å². The van der Waals surface area contributed by atoms with Crippen molar-refractivity contribution in [1.29, 1.82) is 0 Å². The van der Waals surface area contributed by atoms with Gasteiger partial charge in [0.15, 0.2) is 0 Å². The molecule has 0 saturated heterocycles. The molecule has 1 aromatic carbocycles. The minimum Gasteiger partial charge on any atom is -0.207 e. The van der Waals surface area contributed by atoms with Gasteiger partial charge in [-0.2, -0.15) is 0 Å². The molecule has 0 unspecified atom stereocenters. The third-order valence-electron chi connectivity index (χ3n) is 2.48. The molecule has 0 spiro atoms. The van der Waals surface area contributed by atoms with Gasteiger partial charge in [-0.3, -0.25) is 0 Å². The second kappa shape index (κ2) is 5.45. The lowest BCUT2D eigenvalue weighted by Gasteiger charge is -2.20. The fraction of sp³-hybridized carbons (Fsp3) is 0.200. The Morgan fingerprint density at radius 3 is 2.44 bits per heavy atom. The van der Waals surface area contributed by atoms with Crippen LogP contribution in [0.25, 0.3) is 0 Å². The van der Waals surface area contributed by atoms with Gasteiger partial charge < -0.3 is 0 Å². The monoisotopic (exact) mass is 216 g/mol. The van der Waals surface area contributed by atoms with Crippen LogP contribution in [0.15, 0.2) is 67.0 Å². The Morgan fingerprint density at radius 2 is 1.88 bits per heavy atom. The molecule has 1 heteroatoms. The molecule has 0 aliphatic carbocycles. The summed E-state index contributed by atoms with van der Waals surface area (Å²) >= 11 is 0. The van der Waals surface area contributed by atoms with Gasteiger partial charge in [-0.05, 0) is 17.7 Å². The SMILES string of the molecule is C=C/C(F)=C\C=C\C(C)(C)c1ccccc1. The first-order valence-corrected chi connectivity index (χ1v) is 5.29. The van der Waals surface area contributed by atoms with Crippen LogP contribution >= 0.6 is 0 Å². The highest BCUT2D eigenvalue weighted by atomic mass is 19.1. The second-order valence-corrected chi connectivity index (χ2v) is 4.20. The van der Waals surface area contributed by atoms with E-state index >= 15 is 0 Å². The maximum Gasteiger partial charge on any atom is 0.122 e. The van der Waals surface area contributed by atoms with Gasteiger partial charge in [0.25, 0.3) is 0 Å². The molecule has 0 nitrogen and oxygen atoms in total. The Bertz CT molecular complexity index is 397. The Balaban J connectivity index is 2.84. The van der Waals surface area contributed by atoms with Crippen LogP contribution in [0.5, 0.6) is 0 Å². The summed E-state index contributed by atoms with van der Waals surface area (Å²) in [7, 11) is 0. The van der Waals surface area contributed by atoms with Gasteiger partial charge in [0, 0.05) is 5.41 Å². The molecule has 0 bridgehead atoms. The van der Waals surface area contributed by atoms with Crippen LogP contribution < -0.4 is 0 Å². The number of benzene rings is 1. The summed E-state index contributed by atoms with van der Waals surface area (Å²) in [5.41, 5.74) is 1.11. The minimum atomic E-state index is -0.319. The van der Waals surface area contributed by atoms with Crippen molar-refractivity contribution >= 4 is 0 Å². The van der Waals surface area contributed by atoms with Gasteiger partial charge in [-0.1, -0.05) is 62.9 Å². The molecule has 0 atom stereocenters. The van der Waals surface area contributed by atoms with Crippen LogP contribution in [0.2, 0.25) is 0 Å². The normalized spacial score (nSPS) is 13.1. The Labute approximate surface area is 96.8 Å². The molecule has 0 saturated carbocycles. The van der Waals surface area contributed by atoms with E-state index in [2.05, 4.69) is 32.6 Å². The first kappa shape index (κ1) is 12.4. The van der Waals surface area contributed by atoms with E-state index < -0.39 is 0 Å². The van der Waals surface area contributed by atoms with E-state index in [9.17, 15) is 4.39 Å². The van der Waals surface area contributed by atoms with Gasteiger partial charge >= 0.3 is 0 Å². The molecule has 0 amide bonds. The summed E-state index contributed by atoms with van der Waals surface area (Å²) in [6.07, 6.45) is 6.31. The van der Waals surface area contributed by atoms with Crippen molar-refractivity contribution in [2.75, 3.05) is 0 Å². The third-order valence-corrected chi connectivity index (χ3v) is 2.48. The molecule has 0 heterocycles. The van der Waals surface area contributed by atoms with Crippen molar-refractivity contribution in [3.63, 3.8) is 0 Å². The lowest BCUT2D eigenvalue weighted by Crippen LogP contribution is -2.12. The van der Waals surface area contributed by atoms with E-state index in [0.717, 1.165) is 0 Å². The second-order valence-electron chi connectivity index (χ2n) is 4.20. The maximum atomic E-state index is 12.8. The lowest BCUT2D eigenvalue weighted by molar-refractivity contribution is 0.662. The predicted molar refractivity (Wildman–Crippen MR) is 68.0 cm³/mol. The molecule has 0 radical (unpaired) electrons. The van der Waals surface area contributed by atoms with Gasteiger partial charge in [-0.25, -0.2) is 4.39 Å². The summed E-state index contributed by atoms with van der Waals surface area (Å²) in [5, 5.41) is 0. The number of allylic oxidation sites excluding steroid dienone is 5. The van der Waals surface area contributed by atoms with E-state index in [1.54, 1.807) is 6.08 Å². The highest BCUT2D eigenvalue weighted by Gasteiger charge is 2.15. The highest BCUT2D eigenvalue weighted by Crippen LogP contribution is 2.24. The Hall–Kier alpha value is -1.63. The maximum absolute atomic E-state index is 12.8. The highest BCUT2D eigenvalue weighted by molar-refractivity contribution is 5.30. The first-order chi connectivity index (χ1) is 7.56. The summed E-state index contributed by atoms with van der Waals surface area (Å²) in [5.74, 6) is -0.319. The smallest absolute Gasteiger partial charge is 0.122 e. The van der Waals surface area contributed by atoms with Crippen molar-refractivity contribution in [3.8, 4) is 0 Å². The summed E-state index contributed by atoms with van der Waals surface area (Å²) < 4.78 is 12.8. The van der Waals surface area contributed by atoms with Crippen LogP contribution in [0.3, 0.4) is 0 Å². The van der Waals surface area contributed by atoms with Gasteiger partial charge in [0.05, 0.1) is 0 Å². The zero-order valence-electron chi connectivity index (χ0n) is 9.78. The van der Waals surface area contributed by atoms with E-state index in [0.29, 0.717) is 0 Å². The standard InChI is InChI=1S/C15H17F/c1-4-14(16)11-8-12-15(2,3)13-9-6-5-7-10-13/h4-12H,1H2,2-3H3/b12-8+,14-11+. The molecule has 0 aromatic heterocycles. The topological polar surface area (TPSA) is 0 Å². The van der Waals surface area contributed by atoms with Crippen LogP contribution in [-0.4, -0.2) is 0 Å². The summed E-state index contributed by atoms with van der Waals surface area (Å²) in [6.45, 7) is 7.55. The molecule has 16 heavy (non-hydrogen) atoms. The van der Waals surface area contributed by atoms with Crippen molar-refractivity contribution in [1.82, 2.24) is 0 Å². The molecule has 84 valence electrons. The van der Waals surface area contributed by atoms with E-state index in [4.69, 9.17) is 0 Å². The third kappa shape index (κ3) is 3.50. The van der Waals surface area contributed by atoms with Crippen molar-refractivity contribution < 1.29 is 4.39 Å². The first-order valence-electron chi connectivity index (χ1n) is 5.29. The number of rotatable bonds is 4. The molecular weight excluding hydrogens is 199 g/mol. The van der Waals surface area contributed by atoms with Gasteiger partial charge in [0.1, 0.15) is 5.83 Å². The fourth-order valence-electron chi connectivity index (χ4n) is 1.41. The quantitative estimate of drug-likeness (QED) is 0.647.